The monoisotopic (exact) mass is 323 g/mol. The standard InChI is InChI=1S/C20H18ClNO/c1-3-7-18(23)16-12-14-9-6-8-13(2)19(14)22-20(16)15-10-4-5-11-17(15)21/h3-6,8-12,18,23H,1,7H2,2H3. The first-order valence-electron chi connectivity index (χ1n) is 7.56. The van der Waals surface area contributed by atoms with E-state index in [-0.39, 0.29) is 0 Å². The molecule has 0 aliphatic heterocycles. The molecule has 0 aliphatic rings. The molecule has 1 heterocycles. The van der Waals surface area contributed by atoms with E-state index >= 15 is 0 Å². The molecule has 0 amide bonds. The molecule has 116 valence electrons. The van der Waals surface area contributed by atoms with Crippen LogP contribution in [0.4, 0.5) is 0 Å². The number of rotatable bonds is 4. The van der Waals surface area contributed by atoms with Crippen molar-refractivity contribution in [3.63, 3.8) is 0 Å². The van der Waals surface area contributed by atoms with Crippen LogP contribution < -0.4 is 0 Å². The lowest BCUT2D eigenvalue weighted by Crippen LogP contribution is -2.02. The van der Waals surface area contributed by atoms with Crippen LogP contribution >= 0.6 is 11.6 Å². The van der Waals surface area contributed by atoms with Crippen molar-refractivity contribution in [1.29, 1.82) is 0 Å². The van der Waals surface area contributed by atoms with Gasteiger partial charge in [-0.25, -0.2) is 4.98 Å². The fourth-order valence-corrected chi connectivity index (χ4v) is 3.00. The van der Waals surface area contributed by atoms with Crippen molar-refractivity contribution in [3.05, 3.63) is 77.3 Å². The van der Waals surface area contributed by atoms with E-state index in [0.717, 1.165) is 33.3 Å². The van der Waals surface area contributed by atoms with E-state index in [1.807, 2.05) is 55.5 Å². The van der Waals surface area contributed by atoms with Crippen LogP contribution in [0.3, 0.4) is 0 Å². The maximum Gasteiger partial charge on any atom is 0.0845 e. The van der Waals surface area contributed by atoms with Crippen molar-refractivity contribution in [1.82, 2.24) is 4.98 Å². The summed E-state index contributed by atoms with van der Waals surface area (Å²) in [5, 5.41) is 12.2. The van der Waals surface area contributed by atoms with Crippen LogP contribution in [-0.4, -0.2) is 10.1 Å². The number of hydrogen-bond acceptors (Lipinski definition) is 2. The molecule has 3 heteroatoms. The Morgan fingerprint density at radius 3 is 2.74 bits per heavy atom. The third-order valence-corrected chi connectivity index (χ3v) is 4.28. The number of para-hydroxylation sites is 1. The highest BCUT2D eigenvalue weighted by atomic mass is 35.5. The molecule has 0 fully saturated rings. The Bertz CT molecular complexity index is 873. The highest BCUT2D eigenvalue weighted by molar-refractivity contribution is 6.33. The molecule has 3 rings (SSSR count). The van der Waals surface area contributed by atoms with Crippen LogP contribution in [0, 0.1) is 6.92 Å². The molecule has 0 saturated carbocycles. The van der Waals surface area contributed by atoms with Gasteiger partial charge < -0.3 is 5.11 Å². The fourth-order valence-electron chi connectivity index (χ4n) is 2.77. The van der Waals surface area contributed by atoms with Crippen molar-refractivity contribution in [2.24, 2.45) is 0 Å². The Morgan fingerprint density at radius 2 is 2.00 bits per heavy atom. The minimum Gasteiger partial charge on any atom is -0.388 e. The second kappa shape index (κ2) is 6.53. The highest BCUT2D eigenvalue weighted by Crippen LogP contribution is 2.35. The number of aryl methyl sites for hydroxylation is 1. The van der Waals surface area contributed by atoms with Crippen molar-refractivity contribution in [2.45, 2.75) is 19.4 Å². The molecule has 0 radical (unpaired) electrons. The van der Waals surface area contributed by atoms with Crippen LogP contribution in [0.15, 0.2) is 61.2 Å². The van der Waals surface area contributed by atoms with E-state index in [1.54, 1.807) is 6.08 Å². The van der Waals surface area contributed by atoms with Gasteiger partial charge in [-0.05, 0) is 31.0 Å². The van der Waals surface area contributed by atoms with Crippen molar-refractivity contribution in [2.75, 3.05) is 0 Å². The van der Waals surface area contributed by atoms with Crippen molar-refractivity contribution >= 4 is 22.5 Å². The molecular formula is C20H18ClNO. The first-order valence-corrected chi connectivity index (χ1v) is 7.93. The van der Waals surface area contributed by atoms with E-state index < -0.39 is 6.10 Å². The van der Waals surface area contributed by atoms with E-state index in [0.29, 0.717) is 11.4 Å². The molecule has 2 aromatic carbocycles. The largest absolute Gasteiger partial charge is 0.388 e. The number of fused-ring (bicyclic) bond motifs is 1. The molecule has 0 bridgehead atoms. The lowest BCUT2D eigenvalue weighted by Gasteiger charge is -2.16. The minimum absolute atomic E-state index is 0.469. The smallest absolute Gasteiger partial charge is 0.0845 e. The second-order valence-electron chi connectivity index (χ2n) is 5.59. The van der Waals surface area contributed by atoms with Gasteiger partial charge >= 0.3 is 0 Å². The van der Waals surface area contributed by atoms with Crippen LogP contribution in [0.2, 0.25) is 5.02 Å². The zero-order valence-corrected chi connectivity index (χ0v) is 13.7. The van der Waals surface area contributed by atoms with Gasteiger partial charge in [0.15, 0.2) is 0 Å². The number of aromatic nitrogens is 1. The summed E-state index contributed by atoms with van der Waals surface area (Å²) < 4.78 is 0. The predicted molar refractivity (Wildman–Crippen MR) is 96.7 cm³/mol. The van der Waals surface area contributed by atoms with Crippen LogP contribution in [-0.2, 0) is 0 Å². The molecule has 1 N–H and O–H groups in total. The number of aliphatic hydroxyl groups excluding tert-OH is 1. The number of aliphatic hydroxyl groups is 1. The average molecular weight is 324 g/mol. The Labute approximate surface area is 141 Å². The highest BCUT2D eigenvalue weighted by Gasteiger charge is 2.17. The lowest BCUT2D eigenvalue weighted by atomic mass is 9.97. The molecule has 1 atom stereocenters. The summed E-state index contributed by atoms with van der Waals surface area (Å²) >= 11 is 6.36. The lowest BCUT2D eigenvalue weighted by molar-refractivity contribution is 0.182. The zero-order valence-electron chi connectivity index (χ0n) is 13.0. The van der Waals surface area contributed by atoms with Gasteiger partial charge in [0.25, 0.3) is 0 Å². The van der Waals surface area contributed by atoms with Crippen molar-refractivity contribution < 1.29 is 5.11 Å². The maximum absolute atomic E-state index is 10.5. The van der Waals surface area contributed by atoms with Gasteiger partial charge in [0.05, 0.1) is 17.3 Å². The first kappa shape index (κ1) is 15.7. The number of nitrogens with zero attached hydrogens (tertiary/aromatic N) is 1. The second-order valence-corrected chi connectivity index (χ2v) is 6.00. The molecule has 3 aromatic rings. The normalized spacial score (nSPS) is 12.3. The zero-order chi connectivity index (χ0) is 16.4. The number of benzene rings is 2. The van der Waals surface area contributed by atoms with E-state index in [2.05, 4.69) is 6.58 Å². The van der Waals surface area contributed by atoms with Crippen LogP contribution in [0.1, 0.15) is 23.7 Å². The minimum atomic E-state index is -0.656. The molecule has 0 aliphatic carbocycles. The Kier molecular flexibility index (Phi) is 4.46. The third-order valence-electron chi connectivity index (χ3n) is 3.95. The summed E-state index contributed by atoms with van der Waals surface area (Å²) in [7, 11) is 0. The summed E-state index contributed by atoms with van der Waals surface area (Å²) in [5.41, 5.74) is 4.36. The quantitative estimate of drug-likeness (QED) is 0.645. The maximum atomic E-state index is 10.5. The number of pyridine rings is 1. The van der Waals surface area contributed by atoms with Gasteiger partial charge in [-0.2, -0.15) is 0 Å². The number of halogens is 1. The first-order chi connectivity index (χ1) is 11.1. The molecular weight excluding hydrogens is 306 g/mol. The number of hydrogen-bond donors (Lipinski definition) is 1. The molecule has 1 aromatic heterocycles. The summed E-state index contributed by atoms with van der Waals surface area (Å²) in [6.07, 6.45) is 1.52. The van der Waals surface area contributed by atoms with Gasteiger partial charge in [-0.15, -0.1) is 6.58 Å². The summed E-state index contributed by atoms with van der Waals surface area (Å²) in [4.78, 5) is 4.83. The molecule has 1 unspecified atom stereocenters. The summed E-state index contributed by atoms with van der Waals surface area (Å²) in [5.74, 6) is 0. The van der Waals surface area contributed by atoms with Gasteiger partial charge in [-0.3, -0.25) is 0 Å². The summed E-state index contributed by atoms with van der Waals surface area (Å²) in [6.45, 7) is 5.75. The van der Waals surface area contributed by atoms with E-state index in [1.165, 1.54) is 0 Å². The van der Waals surface area contributed by atoms with Gasteiger partial charge in [-0.1, -0.05) is 54.1 Å². The van der Waals surface area contributed by atoms with Gasteiger partial charge in [0.2, 0.25) is 0 Å². The Morgan fingerprint density at radius 1 is 1.22 bits per heavy atom. The Balaban J connectivity index is 2.32. The van der Waals surface area contributed by atoms with Crippen LogP contribution in [0.25, 0.3) is 22.2 Å². The van der Waals surface area contributed by atoms with Gasteiger partial charge in [0.1, 0.15) is 0 Å². The third kappa shape index (κ3) is 3.00. The molecule has 0 spiro atoms. The predicted octanol–water partition coefficient (Wildman–Crippen LogP) is 5.47. The van der Waals surface area contributed by atoms with Crippen molar-refractivity contribution in [3.8, 4) is 11.3 Å². The average Bonchev–Trinajstić information content (AvgIpc) is 2.55. The SMILES string of the molecule is C=CCC(O)c1cc2cccc(C)c2nc1-c1ccccc1Cl. The van der Waals surface area contributed by atoms with Gasteiger partial charge in [0, 0.05) is 21.5 Å². The summed E-state index contributed by atoms with van der Waals surface area (Å²) in [6, 6.07) is 15.6. The topological polar surface area (TPSA) is 33.1 Å². The molecule has 23 heavy (non-hydrogen) atoms. The fraction of sp³-hybridized carbons (Fsp3) is 0.150. The Hall–Kier alpha value is -2.16. The van der Waals surface area contributed by atoms with E-state index in [9.17, 15) is 5.11 Å². The molecule has 2 nitrogen and oxygen atoms in total. The molecule has 0 saturated heterocycles. The van der Waals surface area contributed by atoms with Crippen LogP contribution in [0.5, 0.6) is 0 Å². The van der Waals surface area contributed by atoms with E-state index in [4.69, 9.17) is 16.6 Å².